The third kappa shape index (κ3) is 3.08. The molecule has 2 N–H and O–H groups in total. The highest BCUT2D eigenvalue weighted by Gasteiger charge is 2.46. The van der Waals surface area contributed by atoms with Crippen LogP contribution in [0.4, 0.5) is 18.9 Å². The summed E-state index contributed by atoms with van der Waals surface area (Å²) >= 11 is 0. The van der Waals surface area contributed by atoms with Crippen molar-refractivity contribution in [2.24, 2.45) is 18.7 Å². The minimum Gasteiger partial charge on any atom is -0.473 e. The van der Waals surface area contributed by atoms with Gasteiger partial charge >= 0.3 is 11.9 Å². The Bertz CT molecular complexity index is 545. The van der Waals surface area contributed by atoms with Crippen molar-refractivity contribution >= 4 is 5.69 Å². The first-order chi connectivity index (χ1) is 9.71. The molecule has 0 spiro atoms. The summed E-state index contributed by atoms with van der Waals surface area (Å²) in [7, 11) is 1.14. The molecule has 21 heavy (non-hydrogen) atoms. The lowest BCUT2D eigenvalue weighted by molar-refractivity contribution is -0.389. The van der Waals surface area contributed by atoms with Gasteiger partial charge in [0.2, 0.25) is 5.69 Å². The van der Waals surface area contributed by atoms with Crippen molar-refractivity contribution in [3.05, 3.63) is 15.8 Å². The fourth-order valence-electron chi connectivity index (χ4n) is 1.99. The number of halogens is 3. The number of ether oxygens (including phenoxy) is 2. The van der Waals surface area contributed by atoms with Crippen molar-refractivity contribution < 1.29 is 27.6 Å². The first-order valence-corrected chi connectivity index (χ1v) is 5.96. The molecule has 0 unspecified atom stereocenters. The van der Waals surface area contributed by atoms with E-state index in [1.165, 1.54) is 0 Å². The fraction of sp³-hybridized carbons (Fsp3) is 0.700. The number of nitrogens with zero attached hydrogens (tertiary/aromatic N) is 3. The lowest BCUT2D eigenvalue weighted by Gasteiger charge is -2.13. The van der Waals surface area contributed by atoms with Gasteiger partial charge in [-0.25, -0.2) is 4.68 Å². The van der Waals surface area contributed by atoms with Crippen LogP contribution in [0.5, 0.6) is 5.88 Å². The molecule has 2 heterocycles. The maximum Gasteiger partial charge on any atom is 0.442 e. The molecule has 1 saturated heterocycles. The average Bonchev–Trinajstić information content (AvgIpc) is 2.90. The zero-order valence-corrected chi connectivity index (χ0v) is 11.0. The number of aryl methyl sites for hydroxylation is 1. The maximum absolute atomic E-state index is 12.7. The van der Waals surface area contributed by atoms with Gasteiger partial charge in [0.25, 0.3) is 5.88 Å². The molecule has 1 aromatic heterocycles. The van der Waals surface area contributed by atoms with Crippen LogP contribution in [0.25, 0.3) is 0 Å². The van der Waals surface area contributed by atoms with Gasteiger partial charge in [-0.2, -0.15) is 18.3 Å². The van der Waals surface area contributed by atoms with Crippen molar-refractivity contribution in [1.82, 2.24) is 9.78 Å². The fourth-order valence-corrected chi connectivity index (χ4v) is 1.99. The molecule has 1 aromatic rings. The Labute approximate surface area is 116 Å². The first kappa shape index (κ1) is 15.5. The largest absolute Gasteiger partial charge is 0.473 e. The third-order valence-corrected chi connectivity index (χ3v) is 3.10. The third-order valence-electron chi connectivity index (χ3n) is 3.10. The van der Waals surface area contributed by atoms with Gasteiger partial charge in [0.05, 0.1) is 24.7 Å². The summed E-state index contributed by atoms with van der Waals surface area (Å²) in [5.74, 6) is -0.791. The summed E-state index contributed by atoms with van der Waals surface area (Å²) in [5, 5.41) is 14.0. The van der Waals surface area contributed by atoms with Gasteiger partial charge in [-0.1, -0.05) is 0 Å². The van der Waals surface area contributed by atoms with E-state index in [4.69, 9.17) is 15.2 Å². The summed E-state index contributed by atoms with van der Waals surface area (Å²) in [6, 6.07) is -0.320. The molecule has 118 valence electrons. The van der Waals surface area contributed by atoms with E-state index in [-0.39, 0.29) is 18.6 Å². The Kier molecular flexibility index (Phi) is 4.05. The summed E-state index contributed by atoms with van der Waals surface area (Å²) in [4.78, 5) is 9.73. The lowest BCUT2D eigenvalue weighted by Crippen LogP contribution is -2.32. The van der Waals surface area contributed by atoms with Crippen molar-refractivity contribution in [2.45, 2.75) is 12.2 Å². The SMILES string of the molecule is Cn1nc(C(F)(F)F)c([N+](=O)[O-])c1OC[C@@H]1COC[C@H]1N. The topological polar surface area (TPSA) is 105 Å². The van der Waals surface area contributed by atoms with Gasteiger partial charge < -0.3 is 15.2 Å². The van der Waals surface area contributed by atoms with Crippen LogP contribution in [0.3, 0.4) is 0 Å². The lowest BCUT2D eigenvalue weighted by atomic mass is 10.1. The van der Waals surface area contributed by atoms with Gasteiger partial charge in [-0.05, 0) is 0 Å². The van der Waals surface area contributed by atoms with Gasteiger partial charge in [0.1, 0.15) is 0 Å². The number of hydrogen-bond acceptors (Lipinski definition) is 6. The molecular weight excluding hydrogens is 297 g/mol. The molecule has 0 bridgehead atoms. The van der Waals surface area contributed by atoms with Crippen LogP contribution >= 0.6 is 0 Å². The second kappa shape index (κ2) is 5.48. The first-order valence-electron chi connectivity index (χ1n) is 5.96. The molecule has 0 amide bonds. The van der Waals surface area contributed by atoms with Crippen molar-refractivity contribution in [3.63, 3.8) is 0 Å². The second-order valence-electron chi connectivity index (χ2n) is 4.65. The Morgan fingerprint density at radius 3 is 2.71 bits per heavy atom. The van der Waals surface area contributed by atoms with E-state index in [1.807, 2.05) is 0 Å². The number of nitrogens with two attached hydrogens (primary N) is 1. The van der Waals surface area contributed by atoms with Crippen LogP contribution < -0.4 is 10.5 Å². The molecule has 0 saturated carbocycles. The van der Waals surface area contributed by atoms with Gasteiger partial charge in [0.15, 0.2) is 0 Å². The summed E-state index contributed by atoms with van der Waals surface area (Å²) in [5.41, 5.74) is 2.93. The number of rotatable bonds is 4. The van der Waals surface area contributed by atoms with Gasteiger partial charge in [-0.15, -0.1) is 0 Å². The van der Waals surface area contributed by atoms with Crippen molar-refractivity contribution in [1.29, 1.82) is 0 Å². The Morgan fingerprint density at radius 2 is 2.24 bits per heavy atom. The van der Waals surface area contributed by atoms with Crippen LogP contribution in [0.2, 0.25) is 0 Å². The van der Waals surface area contributed by atoms with E-state index in [1.54, 1.807) is 0 Å². The molecule has 1 aliphatic rings. The zero-order valence-electron chi connectivity index (χ0n) is 11.0. The van der Waals surface area contributed by atoms with Crippen LogP contribution in [0, 0.1) is 16.0 Å². The van der Waals surface area contributed by atoms with Gasteiger partial charge in [-0.3, -0.25) is 10.1 Å². The van der Waals surface area contributed by atoms with Crippen LogP contribution in [-0.2, 0) is 18.0 Å². The Morgan fingerprint density at radius 1 is 1.57 bits per heavy atom. The second-order valence-corrected chi connectivity index (χ2v) is 4.65. The molecule has 2 atom stereocenters. The molecule has 1 aliphatic heterocycles. The van der Waals surface area contributed by atoms with E-state index < -0.39 is 28.4 Å². The predicted molar refractivity (Wildman–Crippen MR) is 62.6 cm³/mol. The molecule has 11 heteroatoms. The molecule has 8 nitrogen and oxygen atoms in total. The molecule has 0 radical (unpaired) electrons. The number of aromatic nitrogens is 2. The monoisotopic (exact) mass is 310 g/mol. The molecular formula is C10H13F3N4O4. The van der Waals surface area contributed by atoms with Crippen molar-refractivity contribution in [3.8, 4) is 5.88 Å². The van der Waals surface area contributed by atoms with E-state index in [2.05, 4.69) is 5.10 Å². The highest BCUT2D eigenvalue weighted by Crippen LogP contribution is 2.40. The van der Waals surface area contributed by atoms with Crippen LogP contribution in [0.1, 0.15) is 5.69 Å². The molecule has 1 fully saturated rings. The smallest absolute Gasteiger partial charge is 0.442 e. The quantitative estimate of drug-likeness (QED) is 0.648. The zero-order chi connectivity index (χ0) is 15.8. The van der Waals surface area contributed by atoms with Crippen molar-refractivity contribution in [2.75, 3.05) is 19.8 Å². The summed E-state index contributed by atoms with van der Waals surface area (Å²) < 4.78 is 49.1. The summed E-state index contributed by atoms with van der Waals surface area (Å²) in [6.07, 6.45) is -4.94. The predicted octanol–water partition coefficient (Wildman–Crippen LogP) is 0.700. The Balaban J connectivity index is 2.26. The van der Waals surface area contributed by atoms with Gasteiger partial charge in [0, 0.05) is 19.0 Å². The maximum atomic E-state index is 12.7. The summed E-state index contributed by atoms with van der Waals surface area (Å²) in [6.45, 7) is 0.521. The highest BCUT2D eigenvalue weighted by molar-refractivity contribution is 5.47. The van der Waals surface area contributed by atoms with E-state index in [9.17, 15) is 23.3 Å². The minimum absolute atomic E-state index is 0.0845. The van der Waals surface area contributed by atoms with Crippen LogP contribution in [0.15, 0.2) is 0 Å². The van der Waals surface area contributed by atoms with E-state index in [0.29, 0.717) is 17.9 Å². The molecule has 2 rings (SSSR count). The molecule has 0 aliphatic carbocycles. The Hall–Kier alpha value is -1.88. The standard InChI is InChI=1S/C10H13F3N4O4/c1-16-9(21-3-5-2-20-4-6(5)14)7(17(18)19)8(15-16)10(11,12)13/h5-6H,2-4,14H2,1H3/t5-,6+/m0/s1. The average molecular weight is 310 g/mol. The minimum atomic E-state index is -4.94. The molecule has 0 aromatic carbocycles. The number of nitro groups is 1. The normalized spacial score (nSPS) is 22.5. The number of hydrogen-bond donors (Lipinski definition) is 1. The van der Waals surface area contributed by atoms with E-state index in [0.717, 1.165) is 7.05 Å². The van der Waals surface area contributed by atoms with Crippen LogP contribution in [-0.4, -0.2) is 40.6 Å². The number of alkyl halides is 3. The highest BCUT2D eigenvalue weighted by atomic mass is 19.4. The van der Waals surface area contributed by atoms with E-state index >= 15 is 0 Å².